The fourth-order valence-electron chi connectivity index (χ4n) is 4.20. The Bertz CT molecular complexity index is 1060. The average Bonchev–Trinajstić information content (AvgIpc) is 3.05. The quantitative estimate of drug-likeness (QED) is 0.235. The van der Waals surface area contributed by atoms with Crippen LogP contribution >= 0.6 is 0 Å². The number of amides is 1. The maximum atomic E-state index is 13.2. The smallest absolute Gasteiger partial charge is 0.295 e. The zero-order chi connectivity index (χ0) is 24.8. The van der Waals surface area contributed by atoms with Crippen molar-refractivity contribution in [1.82, 2.24) is 9.80 Å². The summed E-state index contributed by atoms with van der Waals surface area (Å²) in [5.41, 5.74) is 3.41. The Labute approximate surface area is 202 Å². The average molecular weight is 465 g/mol. The molecule has 2 aromatic carbocycles. The van der Waals surface area contributed by atoms with Gasteiger partial charge in [-0.25, -0.2) is 0 Å². The van der Waals surface area contributed by atoms with E-state index in [0.717, 1.165) is 48.2 Å². The number of rotatable bonds is 10. The number of hydrogen-bond acceptors (Lipinski definition) is 5. The minimum absolute atomic E-state index is 0.137. The Balaban J connectivity index is 2.02. The van der Waals surface area contributed by atoms with Crippen molar-refractivity contribution in [3.8, 4) is 5.75 Å². The van der Waals surface area contributed by atoms with E-state index in [1.807, 2.05) is 69.2 Å². The third-order valence-corrected chi connectivity index (χ3v) is 6.14. The molecule has 1 amide bonds. The summed E-state index contributed by atoms with van der Waals surface area (Å²) in [6, 6.07) is 12.5. The summed E-state index contributed by atoms with van der Waals surface area (Å²) in [7, 11) is 3.95. The molecule has 1 aliphatic rings. The van der Waals surface area contributed by atoms with E-state index in [4.69, 9.17) is 4.74 Å². The fourth-order valence-corrected chi connectivity index (χ4v) is 4.20. The number of hydrogen-bond donors (Lipinski definition) is 1. The zero-order valence-corrected chi connectivity index (χ0v) is 20.9. The van der Waals surface area contributed by atoms with Crippen molar-refractivity contribution >= 4 is 17.4 Å². The van der Waals surface area contributed by atoms with E-state index in [0.29, 0.717) is 18.7 Å². The van der Waals surface area contributed by atoms with Crippen LogP contribution < -0.4 is 4.74 Å². The first kappa shape index (κ1) is 25.5. The second kappa shape index (κ2) is 11.3. The third-order valence-electron chi connectivity index (χ3n) is 6.14. The summed E-state index contributed by atoms with van der Waals surface area (Å²) >= 11 is 0. The largest absolute Gasteiger partial charge is 0.507 e. The molecule has 1 fully saturated rings. The van der Waals surface area contributed by atoms with Gasteiger partial charge in [0.2, 0.25) is 0 Å². The molecule has 0 aliphatic carbocycles. The number of aliphatic hydroxyl groups excluding tert-OH is 1. The number of ketones is 1. The number of nitrogens with zero attached hydrogens (tertiary/aromatic N) is 2. The van der Waals surface area contributed by atoms with Gasteiger partial charge in [-0.3, -0.25) is 9.59 Å². The molecule has 34 heavy (non-hydrogen) atoms. The van der Waals surface area contributed by atoms with Gasteiger partial charge in [-0.1, -0.05) is 43.2 Å². The zero-order valence-electron chi connectivity index (χ0n) is 20.9. The number of unbranched alkanes of at least 4 members (excludes halogenated alkanes) is 1. The van der Waals surface area contributed by atoms with Crippen LogP contribution in [-0.2, 0) is 9.59 Å². The number of carbonyl (C=O) groups is 2. The normalized spacial score (nSPS) is 17.6. The van der Waals surface area contributed by atoms with Gasteiger partial charge >= 0.3 is 0 Å². The van der Waals surface area contributed by atoms with Gasteiger partial charge in [-0.05, 0) is 76.7 Å². The minimum Gasteiger partial charge on any atom is -0.507 e. The Morgan fingerprint density at radius 2 is 1.76 bits per heavy atom. The number of aryl methyl sites for hydroxylation is 2. The molecule has 0 unspecified atom stereocenters. The predicted octanol–water partition coefficient (Wildman–Crippen LogP) is 4.86. The second-order valence-electron chi connectivity index (χ2n) is 9.24. The van der Waals surface area contributed by atoms with Crippen LogP contribution in [0.1, 0.15) is 54.5 Å². The van der Waals surface area contributed by atoms with Crippen molar-refractivity contribution < 1.29 is 19.4 Å². The highest BCUT2D eigenvalue weighted by molar-refractivity contribution is 6.46. The minimum atomic E-state index is -0.645. The highest BCUT2D eigenvalue weighted by atomic mass is 16.5. The van der Waals surface area contributed by atoms with Gasteiger partial charge in [0.05, 0.1) is 18.2 Å². The first-order chi connectivity index (χ1) is 16.2. The fraction of sp³-hybridized carbons (Fsp3) is 0.429. The van der Waals surface area contributed by atoms with Crippen LogP contribution in [0.5, 0.6) is 5.75 Å². The lowest BCUT2D eigenvalue weighted by atomic mass is 9.94. The summed E-state index contributed by atoms with van der Waals surface area (Å²) < 4.78 is 5.83. The maximum absolute atomic E-state index is 13.2. The molecule has 1 aliphatic heterocycles. The first-order valence-corrected chi connectivity index (χ1v) is 12.0. The van der Waals surface area contributed by atoms with E-state index in [-0.39, 0.29) is 11.3 Å². The molecule has 0 saturated carbocycles. The standard InChI is InChI=1S/C28H36N2O4/c1-6-7-17-34-23-14-13-22(18-20(23)3)26(31)24-25(21-11-9-19(2)10-12-21)30(28(33)27(24)32)16-8-15-29(4)5/h9-14,18,25,31H,6-8,15-17H2,1-5H3/b26-24+/t25-/m0/s1. The molecule has 0 bridgehead atoms. The van der Waals surface area contributed by atoms with E-state index in [9.17, 15) is 14.7 Å². The molecular weight excluding hydrogens is 428 g/mol. The van der Waals surface area contributed by atoms with Crippen molar-refractivity contribution in [2.75, 3.05) is 33.8 Å². The van der Waals surface area contributed by atoms with E-state index >= 15 is 0 Å². The van der Waals surface area contributed by atoms with E-state index in [1.165, 1.54) is 0 Å². The Morgan fingerprint density at radius 1 is 1.06 bits per heavy atom. The van der Waals surface area contributed by atoms with Gasteiger partial charge < -0.3 is 19.6 Å². The van der Waals surface area contributed by atoms with Gasteiger partial charge in [0, 0.05) is 12.1 Å². The van der Waals surface area contributed by atoms with E-state index < -0.39 is 17.7 Å². The van der Waals surface area contributed by atoms with Crippen molar-refractivity contribution in [2.45, 2.75) is 46.1 Å². The summed E-state index contributed by atoms with van der Waals surface area (Å²) in [6.07, 6.45) is 2.74. The van der Waals surface area contributed by atoms with Crippen LogP contribution in [0.3, 0.4) is 0 Å². The van der Waals surface area contributed by atoms with Crippen LogP contribution in [0, 0.1) is 13.8 Å². The lowest BCUT2D eigenvalue weighted by Crippen LogP contribution is -2.32. The molecule has 2 aromatic rings. The Morgan fingerprint density at radius 3 is 2.38 bits per heavy atom. The summed E-state index contributed by atoms with van der Waals surface area (Å²) in [5, 5.41) is 11.3. The van der Waals surface area contributed by atoms with E-state index in [1.54, 1.807) is 11.0 Å². The molecule has 0 spiro atoms. The molecule has 0 radical (unpaired) electrons. The highest BCUT2D eigenvalue weighted by Gasteiger charge is 2.45. The van der Waals surface area contributed by atoms with Crippen LogP contribution in [0.15, 0.2) is 48.0 Å². The van der Waals surface area contributed by atoms with Gasteiger partial charge in [0.15, 0.2) is 0 Å². The van der Waals surface area contributed by atoms with Crippen LogP contribution in [0.25, 0.3) is 5.76 Å². The molecule has 182 valence electrons. The molecule has 0 aromatic heterocycles. The molecule has 3 rings (SSSR count). The Kier molecular flexibility index (Phi) is 8.51. The van der Waals surface area contributed by atoms with Gasteiger partial charge in [-0.15, -0.1) is 0 Å². The molecule has 1 N–H and O–H groups in total. The van der Waals surface area contributed by atoms with Gasteiger partial charge in [0.1, 0.15) is 11.5 Å². The number of carbonyl (C=O) groups excluding carboxylic acids is 2. The van der Waals surface area contributed by atoms with Crippen molar-refractivity contribution in [1.29, 1.82) is 0 Å². The second-order valence-corrected chi connectivity index (χ2v) is 9.24. The summed E-state index contributed by atoms with van der Waals surface area (Å²) in [4.78, 5) is 29.8. The van der Waals surface area contributed by atoms with E-state index in [2.05, 4.69) is 6.92 Å². The SMILES string of the molecule is CCCCOc1ccc(/C(O)=C2\C(=O)C(=O)N(CCCN(C)C)[C@H]2c2ccc(C)cc2)cc1C. The Hall–Kier alpha value is -3.12. The van der Waals surface area contributed by atoms with Crippen LogP contribution in [-0.4, -0.2) is 60.4 Å². The molecule has 6 heteroatoms. The topological polar surface area (TPSA) is 70.1 Å². The molecule has 6 nitrogen and oxygen atoms in total. The monoisotopic (exact) mass is 464 g/mol. The first-order valence-electron chi connectivity index (χ1n) is 12.0. The van der Waals surface area contributed by atoms with Crippen molar-refractivity contribution in [3.05, 3.63) is 70.3 Å². The predicted molar refractivity (Wildman–Crippen MR) is 135 cm³/mol. The maximum Gasteiger partial charge on any atom is 0.295 e. The number of benzene rings is 2. The molecule has 1 heterocycles. The summed E-state index contributed by atoms with van der Waals surface area (Å²) in [5.74, 6) is -0.609. The van der Waals surface area contributed by atoms with Crippen molar-refractivity contribution in [3.63, 3.8) is 0 Å². The third kappa shape index (κ3) is 5.68. The van der Waals surface area contributed by atoms with Crippen LogP contribution in [0.4, 0.5) is 0 Å². The number of aliphatic hydroxyl groups is 1. The van der Waals surface area contributed by atoms with Crippen molar-refractivity contribution in [2.24, 2.45) is 0 Å². The number of likely N-dealkylation sites (tertiary alicyclic amines) is 1. The molecular formula is C28H36N2O4. The summed E-state index contributed by atoms with van der Waals surface area (Å²) in [6.45, 7) is 7.87. The lowest BCUT2D eigenvalue weighted by molar-refractivity contribution is -0.139. The highest BCUT2D eigenvalue weighted by Crippen LogP contribution is 2.40. The van der Waals surface area contributed by atoms with Gasteiger partial charge in [-0.2, -0.15) is 0 Å². The molecule has 1 atom stereocenters. The lowest BCUT2D eigenvalue weighted by Gasteiger charge is -2.26. The van der Waals surface area contributed by atoms with Gasteiger partial charge in [0.25, 0.3) is 11.7 Å². The van der Waals surface area contributed by atoms with Crippen LogP contribution in [0.2, 0.25) is 0 Å². The number of ether oxygens (including phenoxy) is 1. The number of Topliss-reactive ketones (excluding diaryl/α,β-unsaturated/α-hetero) is 1. The molecule has 1 saturated heterocycles.